The van der Waals surface area contributed by atoms with Crippen LogP contribution in [0.4, 0.5) is 0 Å². The third kappa shape index (κ3) is 3.96. The van der Waals surface area contributed by atoms with Crippen LogP contribution in [0.2, 0.25) is 0 Å². The van der Waals surface area contributed by atoms with E-state index in [4.69, 9.17) is 4.74 Å². The number of likely N-dealkylation sites (tertiary alicyclic amines) is 2. The summed E-state index contributed by atoms with van der Waals surface area (Å²) < 4.78 is 5.41. The number of ether oxygens (including phenoxy) is 1. The van der Waals surface area contributed by atoms with Crippen molar-refractivity contribution in [2.75, 3.05) is 33.3 Å². The number of piperidine rings is 1. The van der Waals surface area contributed by atoms with Crippen molar-refractivity contribution in [1.82, 2.24) is 9.80 Å². The Morgan fingerprint density at radius 1 is 1.35 bits per heavy atom. The van der Waals surface area contributed by atoms with Crippen LogP contribution in [0.25, 0.3) is 0 Å². The number of hydrogen-bond acceptors (Lipinski definition) is 5. The molecule has 2 heterocycles. The smallest absolute Gasteiger partial charge is 0.320 e. The summed E-state index contributed by atoms with van der Waals surface area (Å²) >= 11 is 0. The number of phenolic OH excluding ortho intramolecular Hbond substituents is 1. The fourth-order valence-electron chi connectivity index (χ4n) is 4.59. The van der Waals surface area contributed by atoms with Crippen LogP contribution >= 0.6 is 0 Å². The highest BCUT2D eigenvalue weighted by Gasteiger charge is 2.47. The molecule has 144 valence electrons. The first-order valence-electron chi connectivity index (χ1n) is 9.51. The molecule has 2 N–H and O–H groups in total. The average Bonchev–Trinajstić information content (AvgIpc) is 2.96. The van der Waals surface area contributed by atoms with E-state index in [1.54, 1.807) is 25.3 Å². The van der Waals surface area contributed by atoms with Gasteiger partial charge in [0.2, 0.25) is 0 Å². The zero-order valence-corrected chi connectivity index (χ0v) is 15.8. The topological polar surface area (TPSA) is 73.2 Å². The molecule has 1 unspecified atom stereocenters. The van der Waals surface area contributed by atoms with Crippen LogP contribution in [0.1, 0.15) is 38.2 Å². The number of methoxy groups -OCH3 is 1. The predicted molar refractivity (Wildman–Crippen MR) is 99.5 cm³/mol. The molecule has 0 aliphatic carbocycles. The molecule has 0 amide bonds. The number of carboxylic acid groups (broad SMARTS) is 1. The van der Waals surface area contributed by atoms with Gasteiger partial charge in [-0.3, -0.25) is 14.6 Å². The van der Waals surface area contributed by atoms with Crippen LogP contribution in [0.5, 0.6) is 11.5 Å². The molecule has 26 heavy (non-hydrogen) atoms. The Bertz CT molecular complexity index is 641. The van der Waals surface area contributed by atoms with E-state index in [-0.39, 0.29) is 17.2 Å². The van der Waals surface area contributed by atoms with Crippen molar-refractivity contribution in [2.45, 2.75) is 45.2 Å². The Hall–Kier alpha value is -1.79. The molecule has 1 aromatic carbocycles. The molecule has 1 aromatic rings. The van der Waals surface area contributed by atoms with E-state index in [0.717, 1.165) is 69.7 Å². The Kier molecular flexibility index (Phi) is 5.73. The number of rotatable bonds is 6. The average molecular weight is 362 g/mol. The van der Waals surface area contributed by atoms with Crippen LogP contribution in [0.15, 0.2) is 18.2 Å². The van der Waals surface area contributed by atoms with Gasteiger partial charge < -0.3 is 14.9 Å². The molecule has 0 bridgehead atoms. The summed E-state index contributed by atoms with van der Waals surface area (Å²) in [5.74, 6) is 0.371. The summed E-state index contributed by atoms with van der Waals surface area (Å²) in [5.41, 5.74) is 1.13. The van der Waals surface area contributed by atoms with E-state index in [0.29, 0.717) is 0 Å². The first-order valence-corrected chi connectivity index (χ1v) is 9.51. The molecule has 6 heteroatoms. The summed E-state index contributed by atoms with van der Waals surface area (Å²) in [4.78, 5) is 16.2. The van der Waals surface area contributed by atoms with Crippen molar-refractivity contribution in [1.29, 1.82) is 0 Å². The molecule has 2 saturated heterocycles. The normalized spacial score (nSPS) is 23.4. The van der Waals surface area contributed by atoms with Crippen LogP contribution in [0, 0.1) is 5.41 Å². The van der Waals surface area contributed by atoms with Gasteiger partial charge in [0.15, 0.2) is 0 Å². The minimum absolute atomic E-state index is 0.137. The van der Waals surface area contributed by atoms with Crippen LogP contribution in [0.3, 0.4) is 0 Å². The summed E-state index contributed by atoms with van der Waals surface area (Å²) in [6.45, 7) is 6.52. The number of phenols is 1. The molecule has 2 fully saturated rings. The van der Waals surface area contributed by atoms with Gasteiger partial charge in [-0.05, 0) is 68.9 Å². The number of carboxylic acids is 1. The minimum Gasteiger partial charge on any atom is -0.508 e. The summed E-state index contributed by atoms with van der Waals surface area (Å²) in [5, 5.41) is 19.3. The van der Waals surface area contributed by atoms with Crippen molar-refractivity contribution < 1.29 is 19.7 Å². The number of carbonyl (C=O) groups is 1. The summed E-state index contributed by atoms with van der Waals surface area (Å²) in [6.07, 6.45) is 3.81. The molecule has 0 saturated carbocycles. The van der Waals surface area contributed by atoms with E-state index >= 15 is 0 Å². The lowest BCUT2D eigenvalue weighted by Gasteiger charge is -2.39. The van der Waals surface area contributed by atoms with Crippen molar-refractivity contribution in [2.24, 2.45) is 5.41 Å². The summed E-state index contributed by atoms with van der Waals surface area (Å²) in [7, 11) is 1.65. The molecule has 6 nitrogen and oxygen atoms in total. The van der Waals surface area contributed by atoms with E-state index in [1.807, 2.05) is 0 Å². The lowest BCUT2D eigenvalue weighted by atomic mass is 9.76. The molecule has 0 aromatic heterocycles. The second-order valence-corrected chi connectivity index (χ2v) is 7.80. The van der Waals surface area contributed by atoms with Crippen LogP contribution in [-0.4, -0.2) is 65.3 Å². The Balaban J connectivity index is 1.63. The van der Waals surface area contributed by atoms with E-state index in [1.165, 1.54) is 0 Å². The van der Waals surface area contributed by atoms with Crippen molar-refractivity contribution >= 4 is 5.97 Å². The maximum Gasteiger partial charge on any atom is 0.320 e. The van der Waals surface area contributed by atoms with Crippen LogP contribution < -0.4 is 4.74 Å². The van der Waals surface area contributed by atoms with Gasteiger partial charge in [0.05, 0.1) is 7.11 Å². The maximum atomic E-state index is 11.6. The number of aliphatic carboxylic acids is 1. The molecule has 2 aliphatic heterocycles. The van der Waals surface area contributed by atoms with Gasteiger partial charge in [0.1, 0.15) is 17.5 Å². The molecule has 3 rings (SSSR count). The highest BCUT2D eigenvalue weighted by molar-refractivity contribution is 5.74. The fraction of sp³-hybridized carbons (Fsp3) is 0.650. The second-order valence-electron chi connectivity index (χ2n) is 7.80. The fourth-order valence-corrected chi connectivity index (χ4v) is 4.59. The zero-order chi connectivity index (χ0) is 18.7. The van der Waals surface area contributed by atoms with Crippen LogP contribution in [-0.2, 0) is 11.3 Å². The van der Waals surface area contributed by atoms with Gasteiger partial charge >= 0.3 is 5.97 Å². The van der Waals surface area contributed by atoms with Gasteiger partial charge in [0, 0.05) is 18.7 Å². The molecule has 1 spiro atoms. The molecule has 0 radical (unpaired) electrons. The minimum atomic E-state index is -0.678. The van der Waals surface area contributed by atoms with Gasteiger partial charge in [0.25, 0.3) is 0 Å². The van der Waals surface area contributed by atoms with E-state index in [9.17, 15) is 15.0 Å². The maximum absolute atomic E-state index is 11.6. The molecular weight excluding hydrogens is 332 g/mol. The van der Waals surface area contributed by atoms with Gasteiger partial charge in [-0.1, -0.05) is 6.92 Å². The standard InChI is InChI=1S/C20H30N2O4/c1-3-8-22-14-20(12-17(22)19(24)25)6-9-21(10-7-20)13-15-11-16(23)4-5-18(15)26-2/h4-5,11,17,23H,3,6-10,12-14H2,1-2H3,(H,24,25). The van der Waals surface area contributed by atoms with Crippen molar-refractivity contribution in [3.05, 3.63) is 23.8 Å². The Morgan fingerprint density at radius 2 is 2.08 bits per heavy atom. The quantitative estimate of drug-likeness (QED) is 0.810. The van der Waals surface area contributed by atoms with Crippen molar-refractivity contribution in [3.8, 4) is 11.5 Å². The first-order chi connectivity index (χ1) is 12.5. The number of nitrogens with zero attached hydrogens (tertiary/aromatic N) is 2. The largest absolute Gasteiger partial charge is 0.508 e. The molecular formula is C20H30N2O4. The lowest BCUT2D eigenvalue weighted by Crippen LogP contribution is -2.41. The lowest BCUT2D eigenvalue weighted by molar-refractivity contribution is -0.142. The zero-order valence-electron chi connectivity index (χ0n) is 15.8. The number of aromatic hydroxyl groups is 1. The van der Waals surface area contributed by atoms with Gasteiger partial charge in [-0.25, -0.2) is 0 Å². The Morgan fingerprint density at radius 3 is 2.69 bits per heavy atom. The van der Waals surface area contributed by atoms with E-state index < -0.39 is 5.97 Å². The highest BCUT2D eigenvalue weighted by Crippen LogP contribution is 2.44. The number of benzene rings is 1. The number of hydrogen-bond donors (Lipinski definition) is 2. The monoisotopic (exact) mass is 362 g/mol. The third-order valence-electron chi connectivity index (χ3n) is 5.98. The second kappa shape index (κ2) is 7.84. The van der Waals surface area contributed by atoms with Crippen molar-refractivity contribution in [3.63, 3.8) is 0 Å². The predicted octanol–water partition coefficient (Wildman–Crippen LogP) is 2.55. The third-order valence-corrected chi connectivity index (χ3v) is 5.98. The van der Waals surface area contributed by atoms with Gasteiger partial charge in [-0.2, -0.15) is 0 Å². The SMILES string of the molecule is CCCN1CC2(CCN(Cc3cc(O)ccc3OC)CC2)CC1C(=O)O. The highest BCUT2D eigenvalue weighted by atomic mass is 16.5. The first kappa shape index (κ1) is 19.0. The van der Waals surface area contributed by atoms with Gasteiger partial charge in [-0.15, -0.1) is 0 Å². The molecule has 2 aliphatic rings. The summed E-state index contributed by atoms with van der Waals surface area (Å²) in [6, 6.07) is 4.88. The van der Waals surface area contributed by atoms with E-state index in [2.05, 4.69) is 16.7 Å². The Labute approximate surface area is 155 Å². The molecule has 1 atom stereocenters.